The van der Waals surface area contributed by atoms with Crippen molar-refractivity contribution in [2.45, 2.75) is 65.0 Å². The van der Waals surface area contributed by atoms with Gasteiger partial charge in [0.05, 0.1) is 0 Å². The Balaban J connectivity index is 1.87. The lowest BCUT2D eigenvalue weighted by molar-refractivity contribution is 0.0716. The largest absolute Gasteiger partial charge is 0.452 e. The Morgan fingerprint density at radius 3 is 2.68 bits per heavy atom. The highest BCUT2D eigenvalue weighted by Crippen LogP contribution is 2.28. The number of hydrogen-bond donors (Lipinski definition) is 0. The summed E-state index contributed by atoms with van der Waals surface area (Å²) >= 11 is 1.04. The van der Waals surface area contributed by atoms with Crippen molar-refractivity contribution in [3.8, 4) is 0 Å². The summed E-state index contributed by atoms with van der Waals surface area (Å²) in [5.74, 6) is 1.13. The van der Waals surface area contributed by atoms with E-state index in [2.05, 4.69) is 43.2 Å². The molecular formula is C22H32N2O3S. The fourth-order valence-electron chi connectivity index (χ4n) is 2.58. The number of thioether (sulfide) groups is 1. The standard InChI is InChI=1S/C22H32N2O3S/c1-17(2)16-19-23-24(20(26-19)28-21(25)27-22(3,4)5)15-11-7-10-14-18-12-8-6-9-13-18/h6,8-10,12-14,17,20H,7,11,15-16H2,1-5H3/t20-/m1/s1. The summed E-state index contributed by atoms with van der Waals surface area (Å²) in [5, 5.41) is 6.11. The Kier molecular flexibility index (Phi) is 8.42. The van der Waals surface area contributed by atoms with Crippen molar-refractivity contribution in [1.29, 1.82) is 0 Å². The van der Waals surface area contributed by atoms with Crippen LogP contribution in [0.5, 0.6) is 0 Å². The van der Waals surface area contributed by atoms with Crippen LogP contribution in [0.4, 0.5) is 4.79 Å². The molecule has 0 bridgehead atoms. The molecule has 0 amide bonds. The molecule has 6 heteroatoms. The van der Waals surface area contributed by atoms with Crippen LogP contribution in [-0.4, -0.2) is 33.9 Å². The van der Waals surface area contributed by atoms with E-state index in [0.717, 1.165) is 37.6 Å². The monoisotopic (exact) mass is 404 g/mol. The molecule has 0 radical (unpaired) electrons. The average molecular weight is 405 g/mol. The SMILES string of the molecule is CC(C)CC1=NN(CCCC=Cc2ccccc2)[C@@H](SC(=O)OC(C)(C)C)O1. The molecule has 0 aliphatic carbocycles. The number of unbranched alkanes of at least 4 members (excludes halogenated alkanes) is 1. The van der Waals surface area contributed by atoms with Gasteiger partial charge in [-0.05, 0) is 45.1 Å². The summed E-state index contributed by atoms with van der Waals surface area (Å²) in [5.41, 5.74) is 0.224. The zero-order chi connectivity index (χ0) is 20.6. The summed E-state index contributed by atoms with van der Waals surface area (Å²) in [4.78, 5) is 12.2. The molecule has 0 N–H and O–H groups in total. The first-order chi connectivity index (χ1) is 13.2. The van der Waals surface area contributed by atoms with E-state index < -0.39 is 11.2 Å². The second-order valence-electron chi connectivity index (χ2n) is 8.22. The van der Waals surface area contributed by atoms with Crippen LogP contribution in [-0.2, 0) is 9.47 Å². The zero-order valence-electron chi connectivity index (χ0n) is 17.6. The van der Waals surface area contributed by atoms with Crippen molar-refractivity contribution in [3.63, 3.8) is 0 Å². The molecule has 0 fully saturated rings. The Morgan fingerprint density at radius 1 is 1.32 bits per heavy atom. The van der Waals surface area contributed by atoms with Crippen molar-refractivity contribution in [3.05, 3.63) is 42.0 Å². The Bertz CT molecular complexity index is 681. The lowest BCUT2D eigenvalue weighted by atomic mass is 10.1. The second-order valence-corrected chi connectivity index (χ2v) is 9.19. The molecule has 0 saturated heterocycles. The molecule has 1 aliphatic heterocycles. The van der Waals surface area contributed by atoms with Gasteiger partial charge >= 0.3 is 5.30 Å². The van der Waals surface area contributed by atoms with Crippen molar-refractivity contribution in [1.82, 2.24) is 5.01 Å². The van der Waals surface area contributed by atoms with Crippen LogP contribution in [0.2, 0.25) is 0 Å². The first-order valence-corrected chi connectivity index (χ1v) is 10.7. The van der Waals surface area contributed by atoms with Gasteiger partial charge in [-0.2, -0.15) is 0 Å². The highest BCUT2D eigenvalue weighted by Gasteiger charge is 2.32. The number of carbonyl (C=O) groups is 1. The minimum atomic E-state index is -0.516. The van der Waals surface area contributed by atoms with E-state index in [9.17, 15) is 4.79 Å². The highest BCUT2D eigenvalue weighted by atomic mass is 32.2. The van der Waals surface area contributed by atoms with Gasteiger partial charge in [0.25, 0.3) is 0 Å². The number of allylic oxidation sites excluding steroid dienone is 1. The molecule has 0 unspecified atom stereocenters. The fraction of sp³-hybridized carbons (Fsp3) is 0.545. The van der Waals surface area contributed by atoms with E-state index in [1.807, 2.05) is 44.0 Å². The third-order valence-corrected chi connectivity index (χ3v) is 4.57. The maximum Gasteiger partial charge on any atom is 0.373 e. The topological polar surface area (TPSA) is 51.1 Å². The molecule has 0 saturated carbocycles. The minimum Gasteiger partial charge on any atom is -0.452 e. The normalized spacial score (nSPS) is 17.1. The Hall–Kier alpha value is -1.95. The van der Waals surface area contributed by atoms with Crippen molar-refractivity contribution in [2.75, 3.05) is 6.54 Å². The van der Waals surface area contributed by atoms with E-state index in [1.54, 1.807) is 0 Å². The highest BCUT2D eigenvalue weighted by molar-refractivity contribution is 8.13. The third kappa shape index (κ3) is 8.38. The van der Waals surface area contributed by atoms with Gasteiger partial charge in [0.2, 0.25) is 11.5 Å². The summed E-state index contributed by atoms with van der Waals surface area (Å²) in [6.07, 6.45) is 6.92. The molecule has 1 aromatic rings. The molecule has 0 spiro atoms. The minimum absolute atomic E-state index is 0.340. The van der Waals surface area contributed by atoms with E-state index in [4.69, 9.17) is 9.47 Å². The number of carbonyl (C=O) groups excluding carboxylic acids is 1. The van der Waals surface area contributed by atoms with E-state index >= 15 is 0 Å². The van der Waals surface area contributed by atoms with Gasteiger partial charge < -0.3 is 9.47 Å². The Morgan fingerprint density at radius 2 is 2.04 bits per heavy atom. The molecule has 1 atom stereocenters. The molecule has 1 aliphatic rings. The summed E-state index contributed by atoms with van der Waals surface area (Å²) < 4.78 is 11.3. The van der Waals surface area contributed by atoms with Crippen LogP contribution in [0, 0.1) is 5.92 Å². The lowest BCUT2D eigenvalue weighted by Crippen LogP contribution is -2.29. The summed E-state index contributed by atoms with van der Waals surface area (Å²) in [6, 6.07) is 10.2. The van der Waals surface area contributed by atoms with Crippen molar-refractivity contribution >= 4 is 29.0 Å². The zero-order valence-corrected chi connectivity index (χ0v) is 18.4. The predicted octanol–water partition coefficient (Wildman–Crippen LogP) is 6.12. The molecule has 2 rings (SSSR count). The second kappa shape index (κ2) is 10.6. The van der Waals surface area contributed by atoms with E-state index in [-0.39, 0.29) is 5.30 Å². The van der Waals surface area contributed by atoms with Gasteiger partial charge in [0.15, 0.2) is 0 Å². The van der Waals surface area contributed by atoms with Crippen LogP contribution in [0.1, 0.15) is 59.4 Å². The summed E-state index contributed by atoms with van der Waals surface area (Å²) in [7, 11) is 0. The number of hydrogen-bond acceptors (Lipinski definition) is 6. The van der Waals surface area contributed by atoms with Crippen molar-refractivity contribution < 1.29 is 14.3 Å². The first kappa shape index (κ1) is 22.3. The first-order valence-electron chi connectivity index (χ1n) is 9.85. The molecular weight excluding hydrogens is 372 g/mol. The number of nitrogens with zero attached hydrogens (tertiary/aromatic N) is 2. The van der Waals surface area contributed by atoms with Crippen LogP contribution < -0.4 is 0 Å². The maximum absolute atomic E-state index is 12.2. The van der Waals surface area contributed by atoms with Gasteiger partial charge in [0.1, 0.15) is 5.60 Å². The number of benzene rings is 1. The van der Waals surface area contributed by atoms with Gasteiger partial charge in [0, 0.05) is 24.7 Å². The fourth-order valence-corrected chi connectivity index (χ4v) is 3.48. The van der Waals surface area contributed by atoms with Crippen LogP contribution >= 0.6 is 11.8 Å². The van der Waals surface area contributed by atoms with Gasteiger partial charge in [-0.25, -0.2) is 9.80 Å². The summed E-state index contributed by atoms with van der Waals surface area (Å²) in [6.45, 7) is 10.6. The molecule has 1 aromatic carbocycles. The number of hydrazone groups is 1. The number of rotatable bonds is 8. The molecule has 0 aromatic heterocycles. The Labute approximate surface area is 173 Å². The van der Waals surface area contributed by atoms with Gasteiger partial charge in [-0.3, -0.25) is 0 Å². The molecule has 28 heavy (non-hydrogen) atoms. The number of ether oxygens (including phenoxy) is 2. The van der Waals surface area contributed by atoms with E-state index in [1.165, 1.54) is 5.56 Å². The van der Waals surface area contributed by atoms with Crippen molar-refractivity contribution in [2.24, 2.45) is 11.0 Å². The average Bonchev–Trinajstić information content (AvgIpc) is 2.94. The van der Waals surface area contributed by atoms with Crippen LogP contribution in [0.25, 0.3) is 6.08 Å². The van der Waals surface area contributed by atoms with Gasteiger partial charge in [-0.15, -0.1) is 5.10 Å². The molecule has 1 heterocycles. The van der Waals surface area contributed by atoms with Gasteiger partial charge in [-0.1, -0.05) is 56.3 Å². The quantitative estimate of drug-likeness (QED) is 0.386. The van der Waals surface area contributed by atoms with Crippen LogP contribution in [0.15, 0.2) is 41.5 Å². The smallest absolute Gasteiger partial charge is 0.373 e. The lowest BCUT2D eigenvalue weighted by Gasteiger charge is -2.23. The molecule has 154 valence electrons. The third-order valence-electron chi connectivity index (χ3n) is 3.76. The predicted molar refractivity (Wildman–Crippen MR) is 117 cm³/mol. The maximum atomic E-state index is 12.2. The van der Waals surface area contributed by atoms with E-state index in [0.29, 0.717) is 11.8 Å². The molecule has 5 nitrogen and oxygen atoms in total. The van der Waals surface area contributed by atoms with Crippen LogP contribution in [0.3, 0.4) is 0 Å².